The highest BCUT2D eigenvalue weighted by Gasteiger charge is 2.51. The molecule has 0 spiro atoms. The highest BCUT2D eigenvalue weighted by Crippen LogP contribution is 2.36. The van der Waals surface area contributed by atoms with Crippen LogP contribution in [0.2, 0.25) is 0 Å². The van der Waals surface area contributed by atoms with Gasteiger partial charge in [-0.2, -0.15) is 0 Å². The number of rotatable bonds is 3. The maximum Gasteiger partial charge on any atom is 0.164 e. The molecule has 2 N–H and O–H groups in total. The summed E-state index contributed by atoms with van der Waals surface area (Å²) in [5.74, 6) is -1.46. The lowest BCUT2D eigenvalue weighted by Gasteiger charge is -2.25. The predicted octanol–water partition coefficient (Wildman–Crippen LogP) is 0.0112. The van der Waals surface area contributed by atoms with E-state index in [1.54, 1.807) is 13.8 Å². The monoisotopic (exact) mass is 262 g/mol. The van der Waals surface area contributed by atoms with E-state index in [1.807, 2.05) is 13.8 Å². The van der Waals surface area contributed by atoms with Crippen molar-refractivity contribution in [2.45, 2.75) is 63.7 Å². The molecular weight excluding hydrogens is 240 g/mol. The average molecular weight is 262 g/mol. The van der Waals surface area contributed by atoms with Gasteiger partial charge in [0.25, 0.3) is 0 Å². The third-order valence-electron chi connectivity index (χ3n) is 3.13. The molecule has 2 rings (SSSR count). The third-order valence-corrected chi connectivity index (χ3v) is 3.13. The van der Waals surface area contributed by atoms with E-state index < -0.39 is 29.9 Å². The Kier molecular flexibility index (Phi) is 3.70. The van der Waals surface area contributed by atoms with E-state index in [9.17, 15) is 5.11 Å². The van der Waals surface area contributed by atoms with Gasteiger partial charge in [0.1, 0.15) is 24.4 Å². The van der Waals surface area contributed by atoms with Gasteiger partial charge in [-0.05, 0) is 27.7 Å². The highest BCUT2D eigenvalue weighted by molar-refractivity contribution is 4.93. The van der Waals surface area contributed by atoms with E-state index in [4.69, 9.17) is 24.1 Å². The Bertz CT molecular complexity index is 303. The summed E-state index contributed by atoms with van der Waals surface area (Å²) in [4.78, 5) is 0. The number of aliphatic hydroxyl groups is 2. The summed E-state index contributed by atoms with van der Waals surface area (Å²) in [7, 11) is 0. The van der Waals surface area contributed by atoms with Crippen LogP contribution in [0.5, 0.6) is 0 Å². The fourth-order valence-corrected chi connectivity index (χ4v) is 2.38. The molecule has 6 heteroatoms. The summed E-state index contributed by atoms with van der Waals surface area (Å²) in [6.45, 7) is 7.19. The molecule has 18 heavy (non-hydrogen) atoms. The van der Waals surface area contributed by atoms with E-state index in [1.165, 1.54) is 0 Å². The Balaban J connectivity index is 2.10. The van der Waals surface area contributed by atoms with Crippen LogP contribution in [0.4, 0.5) is 0 Å². The average Bonchev–Trinajstić information content (AvgIpc) is 2.77. The molecule has 0 saturated carbocycles. The van der Waals surface area contributed by atoms with Crippen LogP contribution < -0.4 is 0 Å². The van der Waals surface area contributed by atoms with Crippen LogP contribution in [0.15, 0.2) is 0 Å². The van der Waals surface area contributed by atoms with Crippen molar-refractivity contribution in [1.82, 2.24) is 0 Å². The molecule has 0 bridgehead atoms. The topological polar surface area (TPSA) is 77.4 Å². The first kappa shape index (κ1) is 14.2. The lowest BCUT2D eigenvalue weighted by Crippen LogP contribution is -2.45. The van der Waals surface area contributed by atoms with Crippen molar-refractivity contribution >= 4 is 0 Å². The molecule has 0 aliphatic carbocycles. The minimum atomic E-state index is -0.996. The Hall–Kier alpha value is -0.240. The molecule has 2 fully saturated rings. The summed E-state index contributed by atoms with van der Waals surface area (Å²) < 4.78 is 22.6. The molecule has 2 saturated heterocycles. The van der Waals surface area contributed by atoms with Crippen LogP contribution >= 0.6 is 0 Å². The molecule has 0 aromatic rings. The molecular formula is C12H22O6. The van der Waals surface area contributed by atoms with E-state index in [0.717, 1.165) is 0 Å². The second kappa shape index (κ2) is 4.70. The number of ether oxygens (including phenoxy) is 4. The fraction of sp³-hybridized carbons (Fsp3) is 1.00. The lowest BCUT2D eigenvalue weighted by atomic mass is 10.0. The van der Waals surface area contributed by atoms with Gasteiger partial charge >= 0.3 is 0 Å². The Morgan fingerprint density at radius 2 is 1.78 bits per heavy atom. The zero-order valence-electron chi connectivity index (χ0n) is 11.3. The molecule has 2 heterocycles. The normalized spacial score (nSPS) is 40.0. The molecule has 4 atom stereocenters. The van der Waals surface area contributed by atoms with Crippen LogP contribution in [0.1, 0.15) is 27.7 Å². The predicted molar refractivity (Wildman–Crippen MR) is 61.8 cm³/mol. The minimum Gasteiger partial charge on any atom is -0.394 e. The lowest BCUT2D eigenvalue weighted by molar-refractivity contribution is -0.175. The number of hydrogen-bond donors (Lipinski definition) is 2. The van der Waals surface area contributed by atoms with E-state index >= 15 is 0 Å². The first-order chi connectivity index (χ1) is 8.24. The van der Waals surface area contributed by atoms with E-state index in [0.29, 0.717) is 6.61 Å². The van der Waals surface area contributed by atoms with Crippen LogP contribution in [-0.4, -0.2) is 59.4 Å². The second-order valence-corrected chi connectivity index (χ2v) is 5.68. The Labute approximate surface area is 107 Å². The highest BCUT2D eigenvalue weighted by atomic mass is 16.8. The van der Waals surface area contributed by atoms with Crippen molar-refractivity contribution in [2.75, 3.05) is 13.2 Å². The summed E-state index contributed by atoms with van der Waals surface area (Å²) >= 11 is 0. The Morgan fingerprint density at radius 1 is 1.11 bits per heavy atom. The quantitative estimate of drug-likeness (QED) is 0.746. The maximum absolute atomic E-state index is 9.80. The number of hydrogen-bond acceptors (Lipinski definition) is 6. The molecule has 0 aromatic carbocycles. The maximum atomic E-state index is 9.80. The van der Waals surface area contributed by atoms with Gasteiger partial charge in [-0.1, -0.05) is 0 Å². The van der Waals surface area contributed by atoms with Gasteiger partial charge in [0.15, 0.2) is 11.6 Å². The van der Waals surface area contributed by atoms with Crippen molar-refractivity contribution in [3.05, 3.63) is 0 Å². The molecule has 0 aromatic heterocycles. The molecule has 6 nitrogen and oxygen atoms in total. The minimum absolute atomic E-state index is 0.312. The summed E-state index contributed by atoms with van der Waals surface area (Å²) in [6.07, 6.45) is -2.38. The van der Waals surface area contributed by atoms with Crippen LogP contribution in [0.3, 0.4) is 0 Å². The van der Waals surface area contributed by atoms with Crippen LogP contribution in [0, 0.1) is 0 Å². The zero-order chi connectivity index (χ0) is 13.6. The largest absolute Gasteiger partial charge is 0.394 e. The molecule has 0 radical (unpaired) electrons. The summed E-state index contributed by atoms with van der Waals surface area (Å²) in [5.41, 5.74) is 0. The van der Waals surface area contributed by atoms with Gasteiger partial charge in [-0.15, -0.1) is 0 Å². The van der Waals surface area contributed by atoms with Crippen LogP contribution in [-0.2, 0) is 18.9 Å². The molecule has 2 aliphatic heterocycles. The second-order valence-electron chi connectivity index (χ2n) is 5.68. The number of aliphatic hydroxyl groups excluding tert-OH is 2. The van der Waals surface area contributed by atoms with Crippen molar-refractivity contribution in [3.63, 3.8) is 0 Å². The molecule has 0 amide bonds. The third kappa shape index (κ3) is 2.84. The van der Waals surface area contributed by atoms with Crippen molar-refractivity contribution in [3.8, 4) is 0 Å². The molecule has 106 valence electrons. The van der Waals surface area contributed by atoms with E-state index in [2.05, 4.69) is 0 Å². The smallest absolute Gasteiger partial charge is 0.164 e. The van der Waals surface area contributed by atoms with Gasteiger partial charge in [0.2, 0.25) is 0 Å². The van der Waals surface area contributed by atoms with Crippen LogP contribution in [0.25, 0.3) is 0 Å². The molecule has 2 aliphatic rings. The summed E-state index contributed by atoms with van der Waals surface area (Å²) in [6, 6.07) is 0. The first-order valence-corrected chi connectivity index (χ1v) is 6.20. The SMILES string of the molecule is CC1(C)O[C@@H]([C@H](O)CO)[C@@H]([C@H]2COC(C)(C)O2)O1. The van der Waals surface area contributed by atoms with Gasteiger partial charge < -0.3 is 29.2 Å². The van der Waals surface area contributed by atoms with E-state index in [-0.39, 0.29) is 12.7 Å². The summed E-state index contributed by atoms with van der Waals surface area (Å²) in [5, 5.41) is 18.9. The van der Waals surface area contributed by atoms with Gasteiger partial charge in [0.05, 0.1) is 13.2 Å². The first-order valence-electron chi connectivity index (χ1n) is 6.20. The van der Waals surface area contributed by atoms with Gasteiger partial charge in [-0.3, -0.25) is 0 Å². The molecule has 0 unspecified atom stereocenters. The van der Waals surface area contributed by atoms with Crippen molar-refractivity contribution in [2.24, 2.45) is 0 Å². The van der Waals surface area contributed by atoms with Gasteiger partial charge in [-0.25, -0.2) is 0 Å². The Morgan fingerprint density at radius 3 is 2.28 bits per heavy atom. The zero-order valence-corrected chi connectivity index (χ0v) is 11.3. The fourth-order valence-electron chi connectivity index (χ4n) is 2.38. The van der Waals surface area contributed by atoms with Gasteiger partial charge in [0, 0.05) is 0 Å². The van der Waals surface area contributed by atoms with Crippen molar-refractivity contribution < 1.29 is 29.2 Å². The standard InChI is InChI=1S/C12H22O6/c1-11(2)15-6-8(16-11)10-9(7(14)5-13)17-12(3,4)18-10/h7-10,13-14H,5-6H2,1-4H3/t7-,8-,9+,10-/m1/s1. The van der Waals surface area contributed by atoms with Crippen molar-refractivity contribution in [1.29, 1.82) is 0 Å².